The van der Waals surface area contributed by atoms with E-state index >= 15 is 0 Å². The van der Waals surface area contributed by atoms with Crippen LogP contribution in [0.2, 0.25) is 0 Å². The molecule has 0 atom stereocenters. The van der Waals surface area contributed by atoms with Crippen LogP contribution in [0, 0.1) is 6.92 Å². The van der Waals surface area contributed by atoms with E-state index in [9.17, 15) is 31.2 Å². The molecule has 3 aliphatic heterocycles. The lowest BCUT2D eigenvalue weighted by Gasteiger charge is -2.34. The van der Waals surface area contributed by atoms with Gasteiger partial charge in [0.15, 0.2) is 0 Å². The molecular weight excluding hydrogens is 611 g/mol. The maximum absolute atomic E-state index is 13.2. The first-order valence-corrected chi connectivity index (χ1v) is 16.6. The summed E-state index contributed by atoms with van der Waals surface area (Å²) >= 11 is 0. The Morgan fingerprint density at radius 2 is 1.73 bits per heavy atom. The van der Waals surface area contributed by atoms with Gasteiger partial charge < -0.3 is 19.9 Å². The molecule has 0 aliphatic carbocycles. The van der Waals surface area contributed by atoms with Crippen molar-refractivity contribution in [2.24, 2.45) is 4.99 Å². The zero-order valence-electron chi connectivity index (χ0n) is 25.4. The molecule has 1 spiro atoms. The predicted octanol–water partition coefficient (Wildman–Crippen LogP) is 2.88. The number of hydrogen-bond acceptors (Lipinski definition) is 7. The molecule has 2 fully saturated rings. The van der Waals surface area contributed by atoms with Crippen molar-refractivity contribution >= 4 is 27.7 Å². The van der Waals surface area contributed by atoms with E-state index in [0.29, 0.717) is 19.3 Å². The Balaban J connectivity index is 1.14. The van der Waals surface area contributed by atoms with E-state index in [1.165, 1.54) is 16.4 Å². The van der Waals surface area contributed by atoms with E-state index in [1.54, 1.807) is 0 Å². The summed E-state index contributed by atoms with van der Waals surface area (Å²) in [6.07, 6.45) is -3.15. The summed E-state index contributed by atoms with van der Waals surface area (Å²) in [5.41, 5.74) is 2.02. The maximum Gasteiger partial charge on any atom is 0.573 e. The summed E-state index contributed by atoms with van der Waals surface area (Å²) < 4.78 is 69.8. The Kier molecular flexibility index (Phi) is 9.57. The van der Waals surface area contributed by atoms with Gasteiger partial charge in [0, 0.05) is 51.3 Å². The number of aryl methyl sites for hydroxylation is 3. The minimum atomic E-state index is -4.85. The van der Waals surface area contributed by atoms with Gasteiger partial charge in [-0.25, -0.2) is 12.7 Å². The van der Waals surface area contributed by atoms with Crippen LogP contribution in [0.5, 0.6) is 5.75 Å². The molecule has 0 saturated carbocycles. The molecule has 2 aromatic carbocycles. The van der Waals surface area contributed by atoms with Gasteiger partial charge >= 0.3 is 6.36 Å². The maximum atomic E-state index is 13.2. The van der Waals surface area contributed by atoms with Crippen molar-refractivity contribution < 1.29 is 35.9 Å². The summed E-state index contributed by atoms with van der Waals surface area (Å²) in [7, 11) is -1.57. The van der Waals surface area contributed by atoms with E-state index in [4.69, 9.17) is 0 Å². The second-order valence-electron chi connectivity index (χ2n) is 11.9. The van der Waals surface area contributed by atoms with E-state index < -0.39 is 33.6 Å². The molecule has 2 amide bonds. The molecule has 244 valence electrons. The fourth-order valence-electron chi connectivity index (χ4n) is 5.99. The summed E-state index contributed by atoms with van der Waals surface area (Å²) in [4.78, 5) is 34.2. The second kappa shape index (κ2) is 13.1. The molecule has 2 saturated heterocycles. The number of carbonyl (C=O) groups excluding carboxylic acids is 2. The molecule has 3 heterocycles. The molecule has 3 aliphatic rings. The third-order valence-corrected chi connectivity index (χ3v) is 10.7. The van der Waals surface area contributed by atoms with Crippen LogP contribution >= 0.6 is 0 Å². The lowest BCUT2D eigenvalue weighted by molar-refractivity contribution is -0.274. The van der Waals surface area contributed by atoms with Gasteiger partial charge in [-0.15, -0.1) is 13.2 Å². The fraction of sp³-hybridized carbons (Fsp3) is 0.516. The highest BCUT2D eigenvalue weighted by atomic mass is 32.2. The number of benzene rings is 2. The number of nitrogens with one attached hydrogen (secondary N) is 1. The zero-order valence-corrected chi connectivity index (χ0v) is 26.2. The molecular formula is C31H38F3N5O5S. The molecule has 45 heavy (non-hydrogen) atoms. The van der Waals surface area contributed by atoms with Crippen molar-refractivity contribution in [3.05, 3.63) is 64.7 Å². The number of hydrogen-bond donors (Lipinski definition) is 1. The number of piperidine rings is 1. The van der Waals surface area contributed by atoms with Crippen LogP contribution in [0.4, 0.5) is 13.2 Å². The molecule has 0 unspecified atom stereocenters. The third kappa shape index (κ3) is 8.03. The molecule has 0 bridgehead atoms. The van der Waals surface area contributed by atoms with Crippen LogP contribution in [-0.4, -0.2) is 104 Å². The topological polar surface area (TPSA) is 112 Å². The molecule has 0 aromatic heterocycles. The van der Waals surface area contributed by atoms with Crippen molar-refractivity contribution in [2.75, 3.05) is 52.1 Å². The Labute approximate surface area is 261 Å². The molecule has 1 N–H and O–H groups in total. The minimum Gasteiger partial charge on any atom is -0.406 e. The monoisotopic (exact) mass is 649 g/mol. The van der Waals surface area contributed by atoms with Gasteiger partial charge in [0.25, 0.3) is 5.91 Å². The van der Waals surface area contributed by atoms with Crippen LogP contribution in [0.1, 0.15) is 41.5 Å². The Bertz CT molecular complexity index is 1560. The Morgan fingerprint density at radius 1 is 1.02 bits per heavy atom. The number of amides is 2. The number of piperazine rings is 1. The zero-order chi connectivity index (χ0) is 32.4. The number of likely N-dealkylation sites (N-methyl/N-ethyl adjacent to an activating group) is 1. The van der Waals surface area contributed by atoms with Crippen LogP contribution in [0.3, 0.4) is 0 Å². The number of amidine groups is 1. The number of sulfonamides is 1. The number of nitrogens with zero attached hydrogens (tertiary/aromatic N) is 4. The summed E-state index contributed by atoms with van der Waals surface area (Å²) in [6, 6.07) is 11.1. The number of halogens is 3. The largest absolute Gasteiger partial charge is 0.573 e. The van der Waals surface area contributed by atoms with Gasteiger partial charge in [-0.1, -0.05) is 30.3 Å². The predicted molar refractivity (Wildman–Crippen MR) is 162 cm³/mol. The first kappa shape index (κ1) is 32.9. The summed E-state index contributed by atoms with van der Waals surface area (Å²) in [5, 5.41) is 2.65. The van der Waals surface area contributed by atoms with Crippen LogP contribution in [0.25, 0.3) is 0 Å². The van der Waals surface area contributed by atoms with E-state index in [2.05, 4.69) is 19.9 Å². The van der Waals surface area contributed by atoms with Crippen molar-refractivity contribution in [2.45, 2.75) is 50.9 Å². The summed E-state index contributed by atoms with van der Waals surface area (Å²) in [6.45, 7) is 5.41. The molecule has 5 rings (SSSR count). The van der Waals surface area contributed by atoms with Gasteiger partial charge in [-0.2, -0.15) is 0 Å². The van der Waals surface area contributed by atoms with Crippen molar-refractivity contribution in [3.8, 4) is 5.75 Å². The molecule has 0 radical (unpaired) electrons. The number of rotatable bonds is 9. The van der Waals surface area contributed by atoms with E-state index in [0.717, 1.165) is 55.0 Å². The normalized spacial score (nSPS) is 19.4. The van der Waals surface area contributed by atoms with Gasteiger partial charge in [-0.3, -0.25) is 14.6 Å². The third-order valence-electron chi connectivity index (χ3n) is 8.78. The number of alkyl halides is 3. The van der Waals surface area contributed by atoms with Crippen molar-refractivity contribution in [1.29, 1.82) is 0 Å². The highest BCUT2D eigenvalue weighted by molar-refractivity contribution is 7.89. The average molecular weight is 650 g/mol. The minimum absolute atomic E-state index is 0.0885. The Morgan fingerprint density at radius 3 is 2.40 bits per heavy atom. The first-order chi connectivity index (χ1) is 21.2. The molecule has 10 nitrogen and oxygen atoms in total. The van der Waals surface area contributed by atoms with E-state index in [1.807, 2.05) is 37.1 Å². The second-order valence-corrected chi connectivity index (χ2v) is 14.0. The number of carbonyl (C=O) groups is 2. The standard InChI is InChI=1S/C31H38F3N5O5S/c1-22-20-23(7-9-27(40)38-17-15-37(2)16-18-38)6-8-24(22)10-19-45(42,43)39-13-11-30(12-14-39)29(41)35-28(36-30)25-4-3-5-26(21-25)44-31(32,33)34/h3-6,8,20-21H,7,9-19H2,1-2H3,(H,35,36,41). The SMILES string of the molecule is Cc1cc(CCC(=O)N2CCN(C)CC2)ccc1CCS(=O)(=O)N1CCC2(CC1)N=C(c1cccc(OC(F)(F)F)c1)NC2=O. The van der Waals surface area contributed by atoms with Gasteiger partial charge in [0.2, 0.25) is 15.9 Å². The highest BCUT2D eigenvalue weighted by Crippen LogP contribution is 2.33. The lowest BCUT2D eigenvalue weighted by Crippen LogP contribution is -2.50. The van der Waals surface area contributed by atoms with Crippen LogP contribution in [0.15, 0.2) is 47.5 Å². The van der Waals surface area contributed by atoms with Crippen molar-refractivity contribution in [1.82, 2.24) is 19.4 Å². The lowest BCUT2D eigenvalue weighted by atomic mass is 9.89. The number of aliphatic imine (C=N–C) groups is 1. The van der Waals surface area contributed by atoms with Crippen molar-refractivity contribution in [3.63, 3.8) is 0 Å². The van der Waals surface area contributed by atoms with Crippen LogP contribution < -0.4 is 10.1 Å². The molecule has 14 heteroatoms. The van der Waals surface area contributed by atoms with Gasteiger partial charge in [-0.05, 0) is 68.5 Å². The molecule has 2 aromatic rings. The summed E-state index contributed by atoms with van der Waals surface area (Å²) in [5.74, 6) is -0.639. The number of ether oxygens (including phenoxy) is 1. The smallest absolute Gasteiger partial charge is 0.406 e. The van der Waals surface area contributed by atoms with Gasteiger partial charge in [0.05, 0.1) is 5.75 Å². The quantitative estimate of drug-likeness (QED) is 0.448. The van der Waals surface area contributed by atoms with E-state index in [-0.39, 0.29) is 49.0 Å². The highest BCUT2D eigenvalue weighted by Gasteiger charge is 2.47. The fourth-order valence-corrected chi connectivity index (χ4v) is 7.47. The first-order valence-electron chi connectivity index (χ1n) is 15.0. The van der Waals surface area contributed by atoms with Gasteiger partial charge in [0.1, 0.15) is 17.1 Å². The average Bonchev–Trinajstić information content (AvgIpc) is 3.30. The van der Waals surface area contributed by atoms with Crippen LogP contribution in [-0.2, 0) is 32.5 Å². The Hall–Kier alpha value is -3.49.